The summed E-state index contributed by atoms with van der Waals surface area (Å²) in [6.45, 7) is 2.51. The Morgan fingerprint density at radius 2 is 1.95 bits per heavy atom. The van der Waals surface area contributed by atoms with Gasteiger partial charge in [-0.3, -0.25) is 4.79 Å². The van der Waals surface area contributed by atoms with E-state index in [1.165, 1.54) is 5.56 Å². The number of nitrogen functional groups attached to an aromatic ring is 1. The predicted molar refractivity (Wildman–Crippen MR) is 84.0 cm³/mol. The molecule has 1 heterocycles. The number of carbonyl (C=O) groups excluding carboxylic acids is 1. The van der Waals surface area contributed by atoms with Crippen LogP contribution in [-0.4, -0.2) is 10.9 Å². The van der Waals surface area contributed by atoms with Crippen molar-refractivity contribution in [3.05, 3.63) is 58.2 Å². The van der Waals surface area contributed by atoms with Gasteiger partial charge in [-0.25, -0.2) is 10.8 Å². The van der Waals surface area contributed by atoms with E-state index >= 15 is 0 Å². The lowest BCUT2D eigenvalue weighted by Crippen LogP contribution is -2.25. The standard InChI is InChI=1S/C15H17ClN4O/c1-2-10-5-3-4-6-11(10)9-18-15(21)14-12(16)7-8-13(19-14)20-17/h3-8H,2,9,17H2,1H3,(H,18,21)(H,19,20). The zero-order valence-corrected chi connectivity index (χ0v) is 12.4. The molecular formula is C15H17ClN4O. The van der Waals surface area contributed by atoms with Gasteiger partial charge < -0.3 is 10.7 Å². The molecule has 0 saturated heterocycles. The Labute approximate surface area is 128 Å². The van der Waals surface area contributed by atoms with Gasteiger partial charge in [0.15, 0.2) is 0 Å². The maximum Gasteiger partial charge on any atom is 0.271 e. The van der Waals surface area contributed by atoms with Crippen molar-refractivity contribution in [1.82, 2.24) is 10.3 Å². The molecule has 0 spiro atoms. The van der Waals surface area contributed by atoms with Gasteiger partial charge in [0.1, 0.15) is 11.5 Å². The number of anilines is 1. The number of halogens is 1. The molecule has 0 aliphatic heterocycles. The normalized spacial score (nSPS) is 10.2. The van der Waals surface area contributed by atoms with E-state index in [9.17, 15) is 4.79 Å². The van der Waals surface area contributed by atoms with Crippen molar-refractivity contribution >= 4 is 23.3 Å². The summed E-state index contributed by atoms with van der Waals surface area (Å²) in [5.74, 6) is 5.34. The van der Waals surface area contributed by atoms with E-state index < -0.39 is 0 Å². The molecule has 4 N–H and O–H groups in total. The number of hydrogen-bond acceptors (Lipinski definition) is 4. The molecule has 6 heteroatoms. The quantitative estimate of drug-likeness (QED) is 0.586. The molecule has 0 radical (unpaired) electrons. The first kappa shape index (κ1) is 15.3. The summed E-state index contributed by atoms with van der Waals surface area (Å²) < 4.78 is 0. The van der Waals surface area contributed by atoms with Crippen LogP contribution in [-0.2, 0) is 13.0 Å². The van der Waals surface area contributed by atoms with Crippen molar-refractivity contribution in [3.8, 4) is 0 Å². The van der Waals surface area contributed by atoms with E-state index in [1.807, 2.05) is 24.3 Å². The predicted octanol–water partition coefficient (Wildman–Crippen LogP) is 2.51. The summed E-state index contributed by atoms with van der Waals surface area (Å²) in [6, 6.07) is 11.2. The van der Waals surface area contributed by atoms with Gasteiger partial charge in [-0.15, -0.1) is 0 Å². The molecule has 1 amide bonds. The molecule has 0 unspecified atom stereocenters. The van der Waals surface area contributed by atoms with E-state index in [4.69, 9.17) is 17.4 Å². The van der Waals surface area contributed by atoms with Crippen LogP contribution in [0.5, 0.6) is 0 Å². The Morgan fingerprint density at radius 3 is 2.62 bits per heavy atom. The van der Waals surface area contributed by atoms with Crippen LogP contribution in [0, 0.1) is 0 Å². The van der Waals surface area contributed by atoms with Crippen molar-refractivity contribution in [2.75, 3.05) is 5.43 Å². The van der Waals surface area contributed by atoms with Crippen LogP contribution in [0.3, 0.4) is 0 Å². The summed E-state index contributed by atoms with van der Waals surface area (Å²) in [5.41, 5.74) is 4.83. The van der Waals surface area contributed by atoms with E-state index in [0.717, 1.165) is 12.0 Å². The molecular weight excluding hydrogens is 288 g/mol. The summed E-state index contributed by atoms with van der Waals surface area (Å²) in [4.78, 5) is 16.2. The molecule has 110 valence electrons. The SMILES string of the molecule is CCc1ccccc1CNC(=O)c1nc(NN)ccc1Cl. The van der Waals surface area contributed by atoms with Gasteiger partial charge in [0, 0.05) is 6.54 Å². The molecule has 5 nitrogen and oxygen atoms in total. The minimum absolute atomic E-state index is 0.154. The smallest absolute Gasteiger partial charge is 0.271 e. The van der Waals surface area contributed by atoms with Crippen LogP contribution in [0.25, 0.3) is 0 Å². The van der Waals surface area contributed by atoms with Crippen molar-refractivity contribution < 1.29 is 4.79 Å². The molecule has 1 aromatic carbocycles. The van der Waals surface area contributed by atoms with Crippen molar-refractivity contribution in [1.29, 1.82) is 0 Å². The molecule has 2 aromatic rings. The Hall–Kier alpha value is -2.11. The molecule has 0 aliphatic carbocycles. The number of nitrogens with two attached hydrogens (primary N) is 1. The number of carbonyl (C=O) groups is 1. The first-order chi connectivity index (χ1) is 10.2. The van der Waals surface area contributed by atoms with Crippen LogP contribution in [0.4, 0.5) is 5.82 Å². The van der Waals surface area contributed by atoms with Gasteiger partial charge in [0.2, 0.25) is 0 Å². The minimum Gasteiger partial charge on any atom is -0.347 e. The van der Waals surface area contributed by atoms with E-state index in [2.05, 4.69) is 22.7 Å². The molecule has 21 heavy (non-hydrogen) atoms. The third kappa shape index (κ3) is 3.71. The van der Waals surface area contributed by atoms with Crippen molar-refractivity contribution in [3.63, 3.8) is 0 Å². The van der Waals surface area contributed by atoms with E-state index in [-0.39, 0.29) is 16.6 Å². The number of aryl methyl sites for hydroxylation is 1. The molecule has 0 saturated carbocycles. The van der Waals surface area contributed by atoms with Gasteiger partial charge in [0.25, 0.3) is 5.91 Å². The third-order valence-electron chi connectivity index (χ3n) is 3.15. The Kier molecular flexibility index (Phi) is 5.14. The summed E-state index contributed by atoms with van der Waals surface area (Å²) in [7, 11) is 0. The van der Waals surface area contributed by atoms with Crippen molar-refractivity contribution in [2.45, 2.75) is 19.9 Å². The number of hydrogen-bond donors (Lipinski definition) is 3. The maximum atomic E-state index is 12.2. The van der Waals surface area contributed by atoms with Crippen molar-refractivity contribution in [2.24, 2.45) is 5.84 Å². The zero-order valence-electron chi connectivity index (χ0n) is 11.7. The highest BCUT2D eigenvalue weighted by atomic mass is 35.5. The van der Waals surface area contributed by atoms with Crippen LogP contribution < -0.4 is 16.6 Å². The van der Waals surface area contributed by atoms with E-state index in [1.54, 1.807) is 12.1 Å². The fourth-order valence-corrected chi connectivity index (χ4v) is 2.21. The number of benzene rings is 1. The highest BCUT2D eigenvalue weighted by Crippen LogP contribution is 2.16. The number of hydrazine groups is 1. The monoisotopic (exact) mass is 304 g/mol. The lowest BCUT2D eigenvalue weighted by molar-refractivity contribution is 0.0946. The molecule has 2 rings (SSSR count). The van der Waals surface area contributed by atoms with E-state index in [0.29, 0.717) is 12.4 Å². The van der Waals surface area contributed by atoms with Gasteiger partial charge >= 0.3 is 0 Å². The third-order valence-corrected chi connectivity index (χ3v) is 3.45. The zero-order chi connectivity index (χ0) is 15.2. The minimum atomic E-state index is -0.331. The average Bonchev–Trinajstić information content (AvgIpc) is 2.53. The number of pyridine rings is 1. The Morgan fingerprint density at radius 1 is 1.24 bits per heavy atom. The topological polar surface area (TPSA) is 80.0 Å². The second-order valence-corrected chi connectivity index (χ2v) is 4.88. The average molecular weight is 305 g/mol. The fourth-order valence-electron chi connectivity index (χ4n) is 2.02. The highest BCUT2D eigenvalue weighted by molar-refractivity contribution is 6.33. The molecule has 0 fully saturated rings. The first-order valence-electron chi connectivity index (χ1n) is 6.63. The maximum absolute atomic E-state index is 12.2. The van der Waals surface area contributed by atoms with Crippen LogP contribution in [0.2, 0.25) is 5.02 Å². The van der Waals surface area contributed by atoms with Crippen LogP contribution in [0.15, 0.2) is 36.4 Å². The Bertz CT molecular complexity index is 645. The second kappa shape index (κ2) is 7.06. The molecule has 0 atom stereocenters. The van der Waals surface area contributed by atoms with Crippen LogP contribution in [0.1, 0.15) is 28.5 Å². The number of aromatic nitrogens is 1. The Balaban J connectivity index is 2.11. The van der Waals surface area contributed by atoms with Gasteiger partial charge in [0.05, 0.1) is 5.02 Å². The first-order valence-corrected chi connectivity index (χ1v) is 7.01. The fraction of sp³-hybridized carbons (Fsp3) is 0.200. The molecule has 0 aliphatic rings. The lowest BCUT2D eigenvalue weighted by Gasteiger charge is -2.10. The molecule has 1 aromatic heterocycles. The second-order valence-electron chi connectivity index (χ2n) is 4.48. The number of rotatable bonds is 5. The number of nitrogens with one attached hydrogen (secondary N) is 2. The summed E-state index contributed by atoms with van der Waals surface area (Å²) in [5, 5.41) is 3.11. The molecule has 0 bridgehead atoms. The largest absolute Gasteiger partial charge is 0.347 e. The number of amides is 1. The van der Waals surface area contributed by atoms with Gasteiger partial charge in [-0.05, 0) is 29.7 Å². The summed E-state index contributed by atoms with van der Waals surface area (Å²) in [6.07, 6.45) is 0.914. The summed E-state index contributed by atoms with van der Waals surface area (Å²) >= 11 is 6.00. The van der Waals surface area contributed by atoms with Gasteiger partial charge in [-0.1, -0.05) is 42.8 Å². The van der Waals surface area contributed by atoms with Gasteiger partial charge in [-0.2, -0.15) is 0 Å². The van der Waals surface area contributed by atoms with Crippen LogP contribution >= 0.6 is 11.6 Å². The highest BCUT2D eigenvalue weighted by Gasteiger charge is 2.13. The number of nitrogens with zero attached hydrogens (tertiary/aromatic N) is 1. The lowest BCUT2D eigenvalue weighted by atomic mass is 10.1.